The van der Waals surface area contributed by atoms with Crippen molar-refractivity contribution in [3.8, 4) is 0 Å². The molecule has 0 amide bonds. The van der Waals surface area contributed by atoms with Crippen molar-refractivity contribution < 1.29 is 0 Å². The van der Waals surface area contributed by atoms with Crippen LogP contribution in [0.4, 0.5) is 0 Å². The highest BCUT2D eigenvalue weighted by Crippen LogP contribution is 2.15. The standard InChI is InChI=1S/C15H23N5/c1-4-17-15(16-3)18-10-7-11-20-12(2)19-13-8-5-6-9-14(13)20/h5-6,8-9H,4,7,10-11H2,1-3H3,(H2,16,17,18). The van der Waals surface area contributed by atoms with E-state index in [4.69, 9.17) is 0 Å². The summed E-state index contributed by atoms with van der Waals surface area (Å²) in [5, 5.41) is 6.49. The van der Waals surface area contributed by atoms with Crippen molar-refractivity contribution in [3.05, 3.63) is 30.1 Å². The molecule has 1 aromatic carbocycles. The molecular formula is C15H23N5. The zero-order chi connectivity index (χ0) is 14.4. The fourth-order valence-electron chi connectivity index (χ4n) is 2.31. The van der Waals surface area contributed by atoms with E-state index in [9.17, 15) is 0 Å². The van der Waals surface area contributed by atoms with Crippen LogP contribution in [-0.4, -0.2) is 35.6 Å². The Hall–Kier alpha value is -2.04. The summed E-state index contributed by atoms with van der Waals surface area (Å²) in [6.45, 7) is 6.86. The smallest absolute Gasteiger partial charge is 0.190 e. The van der Waals surface area contributed by atoms with E-state index in [1.807, 2.05) is 6.07 Å². The minimum Gasteiger partial charge on any atom is -0.357 e. The molecule has 108 valence electrons. The number of rotatable bonds is 5. The van der Waals surface area contributed by atoms with Gasteiger partial charge >= 0.3 is 0 Å². The highest BCUT2D eigenvalue weighted by atomic mass is 15.2. The van der Waals surface area contributed by atoms with Crippen LogP contribution in [0.25, 0.3) is 11.0 Å². The van der Waals surface area contributed by atoms with Gasteiger partial charge in [-0.3, -0.25) is 4.99 Å². The second-order valence-corrected chi connectivity index (χ2v) is 4.68. The van der Waals surface area contributed by atoms with Crippen LogP contribution in [0, 0.1) is 6.92 Å². The second-order valence-electron chi connectivity index (χ2n) is 4.68. The summed E-state index contributed by atoms with van der Waals surface area (Å²) in [5.74, 6) is 1.93. The maximum absolute atomic E-state index is 4.58. The molecule has 0 radical (unpaired) electrons. The van der Waals surface area contributed by atoms with Crippen molar-refractivity contribution in [3.63, 3.8) is 0 Å². The first-order valence-corrected chi connectivity index (χ1v) is 7.12. The van der Waals surface area contributed by atoms with E-state index in [-0.39, 0.29) is 0 Å². The zero-order valence-electron chi connectivity index (χ0n) is 12.5. The van der Waals surface area contributed by atoms with Gasteiger partial charge in [0.1, 0.15) is 5.82 Å². The number of imidazole rings is 1. The van der Waals surface area contributed by atoms with Gasteiger partial charge < -0.3 is 15.2 Å². The number of aromatic nitrogens is 2. The van der Waals surface area contributed by atoms with Crippen molar-refractivity contribution in [2.45, 2.75) is 26.8 Å². The Balaban J connectivity index is 1.92. The van der Waals surface area contributed by atoms with Gasteiger partial charge in [-0.25, -0.2) is 4.98 Å². The van der Waals surface area contributed by atoms with Crippen LogP contribution in [0.15, 0.2) is 29.3 Å². The highest BCUT2D eigenvalue weighted by molar-refractivity contribution is 5.79. The van der Waals surface area contributed by atoms with Gasteiger partial charge in [-0.2, -0.15) is 0 Å². The lowest BCUT2D eigenvalue weighted by molar-refractivity contribution is 0.625. The summed E-state index contributed by atoms with van der Waals surface area (Å²) in [6.07, 6.45) is 1.03. The molecule has 0 fully saturated rings. The molecule has 20 heavy (non-hydrogen) atoms. The van der Waals surface area contributed by atoms with Gasteiger partial charge in [0.2, 0.25) is 0 Å². The fraction of sp³-hybridized carbons (Fsp3) is 0.467. The zero-order valence-corrected chi connectivity index (χ0v) is 12.5. The molecule has 2 aromatic rings. The topological polar surface area (TPSA) is 54.2 Å². The van der Waals surface area contributed by atoms with Crippen molar-refractivity contribution >= 4 is 17.0 Å². The molecule has 2 N–H and O–H groups in total. The summed E-state index contributed by atoms with van der Waals surface area (Å²) in [6, 6.07) is 8.27. The monoisotopic (exact) mass is 273 g/mol. The van der Waals surface area contributed by atoms with Crippen LogP contribution in [0.5, 0.6) is 0 Å². The second kappa shape index (κ2) is 6.93. The van der Waals surface area contributed by atoms with Crippen LogP contribution in [0.1, 0.15) is 19.2 Å². The molecule has 1 aromatic heterocycles. The van der Waals surface area contributed by atoms with Crippen LogP contribution in [0.3, 0.4) is 0 Å². The van der Waals surface area contributed by atoms with E-state index < -0.39 is 0 Å². The predicted molar refractivity (Wildman–Crippen MR) is 84.1 cm³/mol. The maximum atomic E-state index is 4.58. The average molecular weight is 273 g/mol. The summed E-state index contributed by atoms with van der Waals surface area (Å²) in [4.78, 5) is 8.73. The van der Waals surface area contributed by atoms with Crippen LogP contribution in [0.2, 0.25) is 0 Å². The van der Waals surface area contributed by atoms with Gasteiger partial charge in [0.25, 0.3) is 0 Å². The first kappa shape index (κ1) is 14.4. The molecule has 0 aliphatic heterocycles. The van der Waals surface area contributed by atoms with Crippen molar-refractivity contribution in [1.82, 2.24) is 20.2 Å². The first-order chi connectivity index (χ1) is 9.76. The number of guanidine groups is 1. The van der Waals surface area contributed by atoms with E-state index in [0.717, 1.165) is 43.4 Å². The molecule has 0 aliphatic carbocycles. The quantitative estimate of drug-likeness (QED) is 0.497. The highest BCUT2D eigenvalue weighted by Gasteiger charge is 2.05. The minimum absolute atomic E-state index is 0.861. The van der Waals surface area contributed by atoms with Gasteiger partial charge in [0, 0.05) is 26.7 Å². The number of para-hydroxylation sites is 2. The predicted octanol–water partition coefficient (Wildman–Crippen LogP) is 1.92. The number of fused-ring (bicyclic) bond motifs is 1. The number of hydrogen-bond acceptors (Lipinski definition) is 2. The Morgan fingerprint density at radius 3 is 2.85 bits per heavy atom. The normalized spacial score (nSPS) is 11.8. The van der Waals surface area contributed by atoms with Gasteiger partial charge in [0.05, 0.1) is 11.0 Å². The molecule has 0 bridgehead atoms. The molecule has 5 heteroatoms. The van der Waals surface area contributed by atoms with E-state index >= 15 is 0 Å². The Morgan fingerprint density at radius 1 is 1.30 bits per heavy atom. The number of aliphatic imine (C=N–C) groups is 1. The van der Waals surface area contributed by atoms with Gasteiger partial charge in [-0.15, -0.1) is 0 Å². The van der Waals surface area contributed by atoms with E-state index in [1.54, 1.807) is 7.05 Å². The third kappa shape index (κ3) is 3.29. The number of benzene rings is 1. The fourth-order valence-corrected chi connectivity index (χ4v) is 2.31. The van der Waals surface area contributed by atoms with Crippen LogP contribution < -0.4 is 10.6 Å². The van der Waals surface area contributed by atoms with Gasteiger partial charge in [0.15, 0.2) is 5.96 Å². The summed E-state index contributed by atoms with van der Waals surface area (Å²) >= 11 is 0. The molecular weight excluding hydrogens is 250 g/mol. The summed E-state index contributed by atoms with van der Waals surface area (Å²) < 4.78 is 2.27. The Labute approximate surface area is 120 Å². The first-order valence-electron chi connectivity index (χ1n) is 7.12. The van der Waals surface area contributed by atoms with Crippen molar-refractivity contribution in [2.75, 3.05) is 20.1 Å². The molecule has 0 atom stereocenters. The molecule has 0 saturated carbocycles. The Kier molecular flexibility index (Phi) is 4.98. The number of aryl methyl sites for hydroxylation is 2. The van der Waals surface area contributed by atoms with E-state index in [1.165, 1.54) is 5.52 Å². The average Bonchev–Trinajstić information content (AvgIpc) is 2.78. The third-order valence-corrected chi connectivity index (χ3v) is 3.26. The summed E-state index contributed by atoms with van der Waals surface area (Å²) in [5.41, 5.74) is 2.28. The van der Waals surface area contributed by atoms with Crippen LogP contribution >= 0.6 is 0 Å². The molecule has 0 unspecified atom stereocenters. The molecule has 0 aliphatic rings. The molecule has 0 spiro atoms. The number of hydrogen-bond donors (Lipinski definition) is 2. The minimum atomic E-state index is 0.861. The van der Waals surface area contributed by atoms with E-state index in [0.29, 0.717) is 0 Å². The van der Waals surface area contributed by atoms with Crippen LogP contribution in [-0.2, 0) is 6.54 Å². The Morgan fingerprint density at radius 2 is 2.10 bits per heavy atom. The van der Waals surface area contributed by atoms with Gasteiger partial charge in [-0.1, -0.05) is 12.1 Å². The Bertz CT molecular complexity index is 585. The van der Waals surface area contributed by atoms with Crippen molar-refractivity contribution in [2.24, 2.45) is 4.99 Å². The molecule has 0 saturated heterocycles. The van der Waals surface area contributed by atoms with E-state index in [2.05, 4.69) is 57.2 Å². The maximum Gasteiger partial charge on any atom is 0.190 e. The number of nitrogens with one attached hydrogen (secondary N) is 2. The lowest BCUT2D eigenvalue weighted by atomic mass is 10.3. The summed E-state index contributed by atoms with van der Waals surface area (Å²) in [7, 11) is 1.79. The lowest BCUT2D eigenvalue weighted by Crippen LogP contribution is -2.37. The van der Waals surface area contributed by atoms with Crippen molar-refractivity contribution in [1.29, 1.82) is 0 Å². The SMILES string of the molecule is CCNC(=NC)NCCCn1c(C)nc2ccccc21. The molecule has 5 nitrogen and oxygen atoms in total. The third-order valence-electron chi connectivity index (χ3n) is 3.26. The lowest BCUT2D eigenvalue weighted by Gasteiger charge is -2.11. The largest absolute Gasteiger partial charge is 0.357 e. The molecule has 1 heterocycles. The van der Waals surface area contributed by atoms with Gasteiger partial charge in [-0.05, 0) is 32.4 Å². The number of nitrogens with zero attached hydrogens (tertiary/aromatic N) is 3. The molecule has 2 rings (SSSR count).